The highest BCUT2D eigenvalue weighted by molar-refractivity contribution is 7.99. The molecule has 0 spiro atoms. The molecule has 96 valence electrons. The van der Waals surface area contributed by atoms with E-state index in [9.17, 15) is 9.59 Å². The maximum Gasteiger partial charge on any atom is 0.299 e. The quantitative estimate of drug-likeness (QED) is 0.619. The number of benzene rings is 1. The Morgan fingerprint density at radius 1 is 1.33 bits per heavy atom. The number of ketones is 1. The fraction of sp³-hybridized carbons (Fsp3) is 0.429. The monoisotopic (exact) mass is 263 g/mol. The van der Waals surface area contributed by atoms with Crippen LogP contribution in [-0.2, 0) is 4.79 Å². The van der Waals surface area contributed by atoms with Crippen LogP contribution in [0.3, 0.4) is 0 Å². The molecule has 1 atom stereocenters. The van der Waals surface area contributed by atoms with E-state index in [1.807, 2.05) is 12.1 Å². The van der Waals surface area contributed by atoms with Gasteiger partial charge in [0, 0.05) is 17.7 Å². The topological polar surface area (TPSA) is 37.4 Å². The van der Waals surface area contributed by atoms with Crippen molar-refractivity contribution >= 4 is 29.1 Å². The molecule has 1 aromatic carbocycles. The maximum absolute atomic E-state index is 11.6. The van der Waals surface area contributed by atoms with Crippen molar-refractivity contribution in [3.63, 3.8) is 0 Å². The van der Waals surface area contributed by atoms with Gasteiger partial charge in [0.25, 0.3) is 11.7 Å². The molecule has 0 radical (unpaired) electrons. The van der Waals surface area contributed by atoms with Crippen LogP contribution in [0.15, 0.2) is 23.1 Å². The van der Waals surface area contributed by atoms with E-state index in [0.29, 0.717) is 11.5 Å². The molecule has 1 heterocycles. The highest BCUT2D eigenvalue weighted by atomic mass is 32.2. The number of thioether (sulfide) groups is 1. The Kier molecular flexibility index (Phi) is 3.76. The van der Waals surface area contributed by atoms with Crippen molar-refractivity contribution < 1.29 is 9.59 Å². The van der Waals surface area contributed by atoms with Crippen LogP contribution in [0.2, 0.25) is 0 Å². The lowest BCUT2D eigenvalue weighted by Crippen LogP contribution is -2.24. The van der Waals surface area contributed by atoms with E-state index < -0.39 is 11.7 Å². The van der Waals surface area contributed by atoms with Gasteiger partial charge in [-0.3, -0.25) is 9.59 Å². The lowest BCUT2D eigenvalue weighted by atomic mass is 10.1. The van der Waals surface area contributed by atoms with E-state index in [-0.39, 0.29) is 0 Å². The van der Waals surface area contributed by atoms with E-state index in [1.165, 1.54) is 4.90 Å². The first-order chi connectivity index (χ1) is 8.54. The zero-order chi connectivity index (χ0) is 13.3. The number of carbonyl (C=O) groups excluding carboxylic acids is 2. The number of hydrogen-bond donors (Lipinski definition) is 0. The molecule has 1 unspecified atom stereocenters. The van der Waals surface area contributed by atoms with Crippen LogP contribution in [0.4, 0.5) is 5.69 Å². The van der Waals surface area contributed by atoms with E-state index in [2.05, 4.69) is 13.8 Å². The highest BCUT2D eigenvalue weighted by Crippen LogP contribution is 2.32. The molecule has 0 saturated carbocycles. The summed E-state index contributed by atoms with van der Waals surface area (Å²) < 4.78 is 0. The number of nitrogens with zero attached hydrogens (tertiary/aromatic N) is 1. The molecule has 1 aromatic rings. The van der Waals surface area contributed by atoms with Crippen LogP contribution in [0, 0.1) is 5.92 Å². The predicted molar refractivity (Wildman–Crippen MR) is 74.4 cm³/mol. The molecule has 3 nitrogen and oxygen atoms in total. The standard InChI is InChI=1S/C14H17NO2S/c1-4-9(2)8-18-10-5-6-11-12(7-10)15(3)14(17)13(11)16/h5-7,9H,4,8H2,1-3H3. The molecule has 0 saturated heterocycles. The number of hydrogen-bond acceptors (Lipinski definition) is 3. The average Bonchev–Trinajstić information content (AvgIpc) is 2.61. The zero-order valence-corrected chi connectivity index (χ0v) is 11.7. The summed E-state index contributed by atoms with van der Waals surface area (Å²) in [6.45, 7) is 4.40. The van der Waals surface area contributed by atoms with Crippen LogP contribution in [0.25, 0.3) is 0 Å². The third-order valence-electron chi connectivity index (χ3n) is 3.31. The molecular formula is C14H17NO2S. The Balaban J connectivity index is 2.19. The van der Waals surface area contributed by atoms with Crippen molar-refractivity contribution in [2.75, 3.05) is 17.7 Å². The van der Waals surface area contributed by atoms with Gasteiger partial charge in [-0.25, -0.2) is 0 Å². The number of Topliss-reactive ketones (excluding diaryl/α,β-unsaturated/α-hetero) is 1. The average molecular weight is 263 g/mol. The van der Waals surface area contributed by atoms with Crippen molar-refractivity contribution in [1.29, 1.82) is 0 Å². The molecule has 4 heteroatoms. The largest absolute Gasteiger partial charge is 0.308 e. The van der Waals surface area contributed by atoms with Gasteiger partial charge in [0.15, 0.2) is 0 Å². The zero-order valence-electron chi connectivity index (χ0n) is 10.9. The Morgan fingerprint density at radius 3 is 2.72 bits per heavy atom. The first-order valence-corrected chi connectivity index (χ1v) is 7.12. The van der Waals surface area contributed by atoms with Gasteiger partial charge in [-0.05, 0) is 24.1 Å². The van der Waals surface area contributed by atoms with E-state index in [4.69, 9.17) is 0 Å². The fourth-order valence-electron chi connectivity index (χ4n) is 1.80. The maximum atomic E-state index is 11.6. The van der Waals surface area contributed by atoms with Gasteiger partial charge in [0.05, 0.1) is 11.3 Å². The van der Waals surface area contributed by atoms with Crippen LogP contribution in [0.5, 0.6) is 0 Å². The van der Waals surface area contributed by atoms with Gasteiger partial charge < -0.3 is 4.90 Å². The van der Waals surface area contributed by atoms with E-state index in [1.54, 1.807) is 24.9 Å². The highest BCUT2D eigenvalue weighted by Gasteiger charge is 2.33. The third-order valence-corrected chi connectivity index (χ3v) is 4.63. The normalized spacial score (nSPS) is 16.1. The van der Waals surface area contributed by atoms with E-state index in [0.717, 1.165) is 22.8 Å². The molecule has 0 N–H and O–H groups in total. The Hall–Kier alpha value is -1.29. The summed E-state index contributed by atoms with van der Waals surface area (Å²) in [4.78, 5) is 25.7. The van der Waals surface area contributed by atoms with Crippen molar-refractivity contribution in [3.8, 4) is 0 Å². The predicted octanol–water partition coefficient (Wildman–Crippen LogP) is 2.98. The van der Waals surface area contributed by atoms with Gasteiger partial charge >= 0.3 is 0 Å². The van der Waals surface area contributed by atoms with E-state index >= 15 is 0 Å². The van der Waals surface area contributed by atoms with Crippen molar-refractivity contribution in [2.45, 2.75) is 25.2 Å². The number of fused-ring (bicyclic) bond motifs is 1. The third kappa shape index (κ3) is 2.29. The molecule has 0 bridgehead atoms. The molecule has 1 aliphatic rings. The molecule has 0 aromatic heterocycles. The van der Waals surface area contributed by atoms with Gasteiger partial charge in [0.2, 0.25) is 0 Å². The second kappa shape index (κ2) is 5.14. The summed E-state index contributed by atoms with van der Waals surface area (Å²) in [6, 6.07) is 5.62. The summed E-state index contributed by atoms with van der Waals surface area (Å²) in [5.74, 6) is 0.894. The van der Waals surface area contributed by atoms with Crippen LogP contribution >= 0.6 is 11.8 Å². The lowest BCUT2D eigenvalue weighted by molar-refractivity contribution is -0.114. The summed E-state index contributed by atoms with van der Waals surface area (Å²) in [5, 5.41) is 0. The van der Waals surface area contributed by atoms with Gasteiger partial charge in [-0.15, -0.1) is 11.8 Å². The Bertz CT molecular complexity index is 499. The molecule has 1 aliphatic heterocycles. The second-order valence-electron chi connectivity index (χ2n) is 4.70. The van der Waals surface area contributed by atoms with Crippen molar-refractivity contribution in [1.82, 2.24) is 0 Å². The van der Waals surface area contributed by atoms with Crippen molar-refractivity contribution in [3.05, 3.63) is 23.8 Å². The van der Waals surface area contributed by atoms with Gasteiger partial charge in [-0.2, -0.15) is 0 Å². The smallest absolute Gasteiger partial charge is 0.299 e. The summed E-state index contributed by atoms with van der Waals surface area (Å²) >= 11 is 1.77. The molecule has 18 heavy (non-hydrogen) atoms. The summed E-state index contributed by atoms with van der Waals surface area (Å²) in [7, 11) is 1.65. The van der Waals surface area contributed by atoms with Crippen LogP contribution in [0.1, 0.15) is 30.6 Å². The first kappa shape index (κ1) is 13.1. The number of amides is 1. The minimum Gasteiger partial charge on any atom is -0.308 e. The number of likely N-dealkylation sites (N-methyl/N-ethyl adjacent to an activating group) is 1. The Labute approximate surface area is 112 Å². The molecule has 0 fully saturated rings. The molecule has 1 amide bonds. The molecule has 2 rings (SSSR count). The number of rotatable bonds is 4. The lowest BCUT2D eigenvalue weighted by Gasteiger charge is -2.11. The van der Waals surface area contributed by atoms with Crippen LogP contribution in [-0.4, -0.2) is 24.5 Å². The minimum atomic E-state index is -0.436. The SMILES string of the molecule is CCC(C)CSc1ccc2c(c1)N(C)C(=O)C2=O. The summed E-state index contributed by atoms with van der Waals surface area (Å²) in [5.41, 5.74) is 1.26. The number of anilines is 1. The van der Waals surface area contributed by atoms with Crippen molar-refractivity contribution in [2.24, 2.45) is 5.92 Å². The second-order valence-corrected chi connectivity index (χ2v) is 5.79. The van der Waals surface area contributed by atoms with Crippen LogP contribution < -0.4 is 4.90 Å². The number of carbonyl (C=O) groups is 2. The van der Waals surface area contributed by atoms with Gasteiger partial charge in [-0.1, -0.05) is 20.3 Å². The minimum absolute atomic E-state index is 0.397. The molecular weight excluding hydrogens is 246 g/mol. The molecule has 0 aliphatic carbocycles. The fourth-order valence-corrected chi connectivity index (χ4v) is 2.88. The summed E-state index contributed by atoms with van der Waals surface area (Å²) in [6.07, 6.45) is 1.16. The first-order valence-electron chi connectivity index (χ1n) is 6.13. The Morgan fingerprint density at radius 2 is 2.06 bits per heavy atom. The van der Waals surface area contributed by atoms with Gasteiger partial charge in [0.1, 0.15) is 0 Å².